The van der Waals surface area contributed by atoms with Crippen molar-refractivity contribution in [3.63, 3.8) is 0 Å². The largest absolute Gasteiger partial charge is 0.325 e. The molecule has 290 valence electrons. The third kappa shape index (κ3) is 32.7. The zero-order chi connectivity index (χ0) is 36.3. The normalized spacial score (nSPS) is 11.9. The van der Waals surface area contributed by atoms with Gasteiger partial charge < -0.3 is 5.73 Å². The Bertz CT molecular complexity index is 855. The average Bonchev–Trinajstić information content (AvgIpc) is 3.07. The first kappa shape index (κ1) is 48.1. The third-order valence-electron chi connectivity index (χ3n) is 10.4. The van der Waals surface area contributed by atoms with Gasteiger partial charge in [-0.2, -0.15) is 8.42 Å². The van der Waals surface area contributed by atoms with Crippen LogP contribution in [0.3, 0.4) is 0 Å². The molecule has 0 radical (unpaired) electrons. The molecule has 5 heteroatoms. The van der Waals surface area contributed by atoms with Crippen LogP contribution in [-0.2, 0) is 10.1 Å². The van der Waals surface area contributed by atoms with Gasteiger partial charge in [-0.1, -0.05) is 231 Å². The Balaban J connectivity index is 0.00000175. The molecule has 0 atom stereocenters. The average molecular weight is 708 g/mol. The second-order valence-corrected chi connectivity index (χ2v) is 16.9. The number of rotatable bonds is 34. The lowest BCUT2D eigenvalue weighted by molar-refractivity contribution is 0.302. The molecule has 0 spiro atoms. The monoisotopic (exact) mass is 708 g/mol. The zero-order valence-corrected chi connectivity index (χ0v) is 34.2. The van der Waals surface area contributed by atoms with Crippen molar-refractivity contribution in [2.75, 3.05) is 0 Å². The van der Waals surface area contributed by atoms with E-state index in [2.05, 4.69) is 20.8 Å². The highest BCUT2D eigenvalue weighted by Gasteiger charge is 2.23. The maximum Gasteiger partial charge on any atom is 0.294 e. The fourth-order valence-corrected chi connectivity index (χ4v) is 7.46. The van der Waals surface area contributed by atoms with Crippen molar-refractivity contribution < 1.29 is 13.0 Å². The minimum Gasteiger partial charge on any atom is -0.325 e. The molecule has 1 aromatic carbocycles. The van der Waals surface area contributed by atoms with Gasteiger partial charge in [0, 0.05) is 5.54 Å². The number of hydrogen-bond acceptors (Lipinski definition) is 3. The molecule has 0 saturated carbocycles. The summed E-state index contributed by atoms with van der Waals surface area (Å²) in [5, 5.41) is 0. The molecule has 0 aromatic heterocycles. The molecule has 49 heavy (non-hydrogen) atoms. The summed E-state index contributed by atoms with van der Waals surface area (Å²) < 4.78 is 29.6. The van der Waals surface area contributed by atoms with Crippen LogP contribution in [0.2, 0.25) is 0 Å². The highest BCUT2D eigenvalue weighted by atomic mass is 32.2. The lowest BCUT2D eigenvalue weighted by Gasteiger charge is -2.30. The molecule has 0 aliphatic carbocycles. The second-order valence-electron chi connectivity index (χ2n) is 15.4. The van der Waals surface area contributed by atoms with Gasteiger partial charge in [0.1, 0.15) is 0 Å². The second kappa shape index (κ2) is 34.2. The Morgan fingerprint density at radius 2 is 0.673 bits per heavy atom. The first-order valence-corrected chi connectivity index (χ1v) is 23.0. The van der Waals surface area contributed by atoms with E-state index in [0.29, 0.717) is 0 Å². The van der Waals surface area contributed by atoms with Crippen LogP contribution < -0.4 is 5.73 Å². The van der Waals surface area contributed by atoms with Crippen LogP contribution in [0.25, 0.3) is 0 Å². The lowest BCUT2D eigenvalue weighted by atomic mass is 9.82. The fraction of sp³-hybridized carbons (Fsp3) is 0.864. The molecule has 1 rings (SSSR count). The van der Waals surface area contributed by atoms with E-state index in [0.717, 1.165) is 5.56 Å². The predicted molar refractivity (Wildman–Crippen MR) is 217 cm³/mol. The number of unbranched alkanes of at least 4 members (excludes halogenated alkanes) is 27. The molecule has 3 N–H and O–H groups in total. The first-order chi connectivity index (χ1) is 23.7. The topological polar surface area (TPSA) is 80.4 Å². The van der Waals surface area contributed by atoms with Crippen molar-refractivity contribution in [2.24, 2.45) is 5.73 Å². The summed E-state index contributed by atoms with van der Waals surface area (Å²) in [6.07, 6.45) is 46.6. The SMILES string of the molecule is CCCCCCCCCCCCC(N)(CCCCCCCCCCCC)CCCCCCCCCCCC.Cc1ccc(S(=O)(=O)O)cc1. The van der Waals surface area contributed by atoms with Gasteiger partial charge in [-0.3, -0.25) is 4.55 Å². The van der Waals surface area contributed by atoms with Gasteiger partial charge in [0.05, 0.1) is 4.90 Å². The molecule has 0 aliphatic heterocycles. The van der Waals surface area contributed by atoms with Crippen molar-refractivity contribution in [2.45, 2.75) is 250 Å². The Morgan fingerprint density at radius 1 is 0.449 bits per heavy atom. The lowest BCUT2D eigenvalue weighted by Crippen LogP contribution is -2.39. The van der Waals surface area contributed by atoms with Crippen molar-refractivity contribution in [1.82, 2.24) is 0 Å². The molecule has 0 bridgehead atoms. The van der Waals surface area contributed by atoms with Crippen LogP contribution >= 0.6 is 0 Å². The minimum atomic E-state index is -4.02. The predicted octanol–water partition coefficient (Wildman–Crippen LogP) is 14.9. The van der Waals surface area contributed by atoms with Gasteiger partial charge in [-0.15, -0.1) is 0 Å². The maximum atomic E-state index is 10.5. The van der Waals surface area contributed by atoms with E-state index in [4.69, 9.17) is 10.3 Å². The summed E-state index contributed by atoms with van der Waals surface area (Å²) in [5.74, 6) is 0. The molecule has 0 saturated heterocycles. The van der Waals surface area contributed by atoms with E-state index >= 15 is 0 Å². The number of nitrogens with two attached hydrogens (primary N) is 1. The van der Waals surface area contributed by atoms with Crippen LogP contribution in [0.4, 0.5) is 0 Å². The van der Waals surface area contributed by atoms with Crippen LogP contribution in [-0.4, -0.2) is 18.5 Å². The van der Waals surface area contributed by atoms with E-state index in [9.17, 15) is 8.42 Å². The van der Waals surface area contributed by atoms with Gasteiger partial charge in [-0.25, -0.2) is 0 Å². The van der Waals surface area contributed by atoms with E-state index in [1.165, 1.54) is 224 Å². The zero-order valence-electron chi connectivity index (χ0n) is 33.4. The molecule has 0 amide bonds. The van der Waals surface area contributed by atoms with Gasteiger partial charge in [0.2, 0.25) is 0 Å². The van der Waals surface area contributed by atoms with Crippen LogP contribution in [0.5, 0.6) is 0 Å². The molecule has 0 heterocycles. The first-order valence-electron chi connectivity index (χ1n) is 21.5. The Morgan fingerprint density at radius 3 is 0.898 bits per heavy atom. The van der Waals surface area contributed by atoms with E-state index in [1.807, 2.05) is 6.92 Å². The van der Waals surface area contributed by atoms with E-state index < -0.39 is 10.1 Å². The van der Waals surface area contributed by atoms with Gasteiger partial charge in [0.15, 0.2) is 0 Å². The Kier molecular flexibility index (Phi) is 33.6. The minimum absolute atomic E-state index is 0.0666. The number of benzene rings is 1. The molecule has 0 unspecified atom stereocenters. The summed E-state index contributed by atoms with van der Waals surface area (Å²) in [4.78, 5) is -0.0666. The highest BCUT2D eigenvalue weighted by Crippen LogP contribution is 2.27. The van der Waals surface area contributed by atoms with Gasteiger partial charge in [0.25, 0.3) is 10.1 Å². The quantitative estimate of drug-likeness (QED) is 0.0552. The van der Waals surface area contributed by atoms with Crippen LogP contribution in [0.15, 0.2) is 29.2 Å². The smallest absolute Gasteiger partial charge is 0.294 e. The van der Waals surface area contributed by atoms with Crippen molar-refractivity contribution >= 4 is 10.1 Å². The molecule has 0 aliphatic rings. The molecular formula is C44H85NO3S. The molecule has 1 aromatic rings. The van der Waals surface area contributed by atoms with Crippen molar-refractivity contribution in [3.05, 3.63) is 29.8 Å². The molecule has 4 nitrogen and oxygen atoms in total. The van der Waals surface area contributed by atoms with Gasteiger partial charge >= 0.3 is 0 Å². The van der Waals surface area contributed by atoms with Crippen LogP contribution in [0, 0.1) is 6.92 Å². The third-order valence-corrected chi connectivity index (χ3v) is 11.3. The summed E-state index contributed by atoms with van der Waals surface area (Å²) in [6.45, 7) is 8.77. The number of hydrogen-bond donors (Lipinski definition) is 2. The Hall–Kier alpha value is -0.910. The Labute approximate surface area is 307 Å². The summed E-state index contributed by atoms with van der Waals surface area (Å²) in [6, 6.07) is 5.99. The van der Waals surface area contributed by atoms with Crippen molar-refractivity contribution in [3.8, 4) is 0 Å². The summed E-state index contributed by atoms with van der Waals surface area (Å²) in [5.41, 5.74) is 8.21. The summed E-state index contributed by atoms with van der Waals surface area (Å²) in [7, 11) is -4.02. The van der Waals surface area contributed by atoms with E-state index in [1.54, 1.807) is 12.1 Å². The maximum absolute atomic E-state index is 10.5. The fourth-order valence-electron chi connectivity index (χ4n) is 6.98. The van der Waals surface area contributed by atoms with Gasteiger partial charge in [-0.05, 0) is 38.3 Å². The standard InChI is InChI=1S/C37H77N.C7H8O3S/c1-4-7-10-13-16-19-22-25-28-31-34-37(38,35-32-29-26-23-20-17-14-11-8-5-2)36-33-30-27-24-21-18-15-12-9-6-3;1-6-2-4-7(5-3-6)11(8,9)10/h4-36,38H2,1-3H3;2-5H,1H3,(H,8,9,10). The number of aryl methyl sites for hydroxylation is 1. The molecular weight excluding hydrogens is 623 g/mol. The molecule has 0 fully saturated rings. The highest BCUT2D eigenvalue weighted by molar-refractivity contribution is 7.85. The van der Waals surface area contributed by atoms with Crippen molar-refractivity contribution in [1.29, 1.82) is 0 Å². The summed E-state index contributed by atoms with van der Waals surface area (Å²) >= 11 is 0. The van der Waals surface area contributed by atoms with Crippen LogP contribution in [0.1, 0.15) is 238 Å². The van der Waals surface area contributed by atoms with E-state index in [-0.39, 0.29) is 10.4 Å².